The topological polar surface area (TPSA) is 121 Å². The van der Waals surface area contributed by atoms with E-state index in [0.717, 1.165) is 28.7 Å². The first-order valence-corrected chi connectivity index (χ1v) is 16.9. The van der Waals surface area contributed by atoms with E-state index in [0.29, 0.717) is 13.0 Å². The molecule has 2 aromatic heterocycles. The SMILES string of the molecule is CC1Oc2c(Cl)c(-c3ccc(F)c4sc(N)c(C#N)c34)c(F)c3nc(OC[C@@]45CCCN4C[C@H](F)C5)nc(c23)N(CC(F)F)[C@H]1C(C)(C)O. The number of benzene rings is 2. The Hall–Kier alpha value is -3.71. The fourth-order valence-electron chi connectivity index (χ4n) is 7.95. The molecule has 0 amide bonds. The normalized spacial score (nSPS) is 24.0. The van der Waals surface area contributed by atoms with Crippen molar-refractivity contribution in [3.63, 3.8) is 0 Å². The highest BCUT2D eigenvalue weighted by molar-refractivity contribution is 7.23. The molecule has 2 fully saturated rings. The molecule has 1 unspecified atom stereocenters. The van der Waals surface area contributed by atoms with Crippen molar-refractivity contribution in [2.45, 2.75) is 75.9 Å². The molecule has 4 atom stereocenters. The van der Waals surface area contributed by atoms with Crippen LogP contribution >= 0.6 is 22.9 Å². The number of aromatic nitrogens is 2. The first kappa shape index (κ1) is 33.8. The van der Waals surface area contributed by atoms with Crippen molar-refractivity contribution >= 4 is 54.7 Å². The fourth-order valence-corrected chi connectivity index (χ4v) is 9.22. The molecule has 3 N–H and O–H groups in total. The molecule has 2 aromatic carbocycles. The number of hydrogen-bond acceptors (Lipinski definition) is 10. The number of aliphatic hydroxyl groups is 1. The van der Waals surface area contributed by atoms with E-state index in [4.69, 9.17) is 26.8 Å². The van der Waals surface area contributed by atoms with Crippen LogP contribution in [0.5, 0.6) is 11.8 Å². The molecule has 260 valence electrons. The zero-order valence-electron chi connectivity index (χ0n) is 26.7. The monoisotopic (exact) mass is 722 g/mol. The first-order chi connectivity index (χ1) is 23.1. The Morgan fingerprint density at radius 2 is 2.04 bits per heavy atom. The van der Waals surface area contributed by atoms with Gasteiger partial charge in [0.2, 0.25) is 0 Å². The van der Waals surface area contributed by atoms with Crippen LogP contribution in [0, 0.1) is 23.0 Å². The predicted octanol–water partition coefficient (Wildman–Crippen LogP) is 6.84. The van der Waals surface area contributed by atoms with Crippen molar-refractivity contribution in [1.29, 1.82) is 5.26 Å². The highest BCUT2D eigenvalue weighted by atomic mass is 35.5. The maximum absolute atomic E-state index is 17.2. The summed E-state index contributed by atoms with van der Waals surface area (Å²) in [5.74, 6) is -2.10. The van der Waals surface area contributed by atoms with E-state index in [-0.39, 0.29) is 79.3 Å². The summed E-state index contributed by atoms with van der Waals surface area (Å²) in [7, 11) is 0. The van der Waals surface area contributed by atoms with Gasteiger partial charge < -0.3 is 25.2 Å². The lowest BCUT2D eigenvalue weighted by atomic mass is 9.92. The number of nitrogen functional groups attached to an aromatic ring is 1. The van der Waals surface area contributed by atoms with Gasteiger partial charge >= 0.3 is 6.01 Å². The van der Waals surface area contributed by atoms with E-state index in [2.05, 4.69) is 9.97 Å². The van der Waals surface area contributed by atoms with Crippen LogP contribution in [-0.4, -0.2) is 82.1 Å². The summed E-state index contributed by atoms with van der Waals surface area (Å²) in [6, 6.07) is 2.79. The molecule has 3 aliphatic heterocycles. The Morgan fingerprint density at radius 3 is 2.73 bits per heavy atom. The number of anilines is 2. The molecule has 0 aliphatic carbocycles. The molecule has 0 saturated carbocycles. The van der Waals surface area contributed by atoms with Crippen molar-refractivity contribution in [1.82, 2.24) is 14.9 Å². The summed E-state index contributed by atoms with van der Waals surface area (Å²) in [6.07, 6.45) is -3.29. The second-order valence-corrected chi connectivity index (χ2v) is 14.9. The molecule has 0 spiro atoms. The van der Waals surface area contributed by atoms with Gasteiger partial charge in [-0.1, -0.05) is 17.7 Å². The lowest BCUT2D eigenvalue weighted by Crippen LogP contribution is -2.57. The van der Waals surface area contributed by atoms with Crippen molar-refractivity contribution in [3.8, 4) is 29.0 Å². The second kappa shape index (κ2) is 12.0. The van der Waals surface area contributed by atoms with E-state index in [1.165, 1.54) is 19.9 Å². The Bertz CT molecular complexity index is 2040. The van der Waals surface area contributed by atoms with Crippen molar-refractivity contribution < 1.29 is 36.5 Å². The minimum atomic E-state index is -2.92. The maximum Gasteiger partial charge on any atom is 0.319 e. The van der Waals surface area contributed by atoms with Gasteiger partial charge in [-0.15, -0.1) is 11.3 Å². The summed E-state index contributed by atoms with van der Waals surface area (Å²) < 4.78 is 87.7. The Kier molecular flexibility index (Phi) is 8.25. The van der Waals surface area contributed by atoms with E-state index < -0.39 is 59.6 Å². The van der Waals surface area contributed by atoms with Gasteiger partial charge in [0, 0.05) is 23.9 Å². The Labute approximate surface area is 287 Å². The van der Waals surface area contributed by atoms with E-state index in [1.54, 1.807) is 6.92 Å². The second-order valence-electron chi connectivity index (χ2n) is 13.5. The average molecular weight is 723 g/mol. The van der Waals surface area contributed by atoms with Gasteiger partial charge in [0.15, 0.2) is 11.6 Å². The third-order valence-electron chi connectivity index (χ3n) is 9.79. The smallest absolute Gasteiger partial charge is 0.319 e. The summed E-state index contributed by atoms with van der Waals surface area (Å²) >= 11 is 7.78. The first-order valence-electron chi connectivity index (χ1n) is 15.7. The van der Waals surface area contributed by atoms with Gasteiger partial charge in [0.25, 0.3) is 6.43 Å². The maximum atomic E-state index is 17.2. The number of halogens is 6. The Balaban J connectivity index is 1.51. The molecular formula is C33H32ClF5N6O3S. The zero-order chi connectivity index (χ0) is 35.2. The average Bonchev–Trinajstić information content (AvgIpc) is 3.64. The number of hydrogen-bond donors (Lipinski definition) is 2. The van der Waals surface area contributed by atoms with Crippen LogP contribution in [0.15, 0.2) is 12.1 Å². The molecule has 2 saturated heterocycles. The van der Waals surface area contributed by atoms with Crippen molar-refractivity contribution in [3.05, 3.63) is 34.4 Å². The molecule has 5 heterocycles. The van der Waals surface area contributed by atoms with Crippen LogP contribution in [0.3, 0.4) is 0 Å². The van der Waals surface area contributed by atoms with Crippen LogP contribution in [-0.2, 0) is 0 Å². The van der Waals surface area contributed by atoms with Gasteiger partial charge in [-0.3, -0.25) is 4.90 Å². The van der Waals surface area contributed by atoms with Gasteiger partial charge in [-0.05, 0) is 51.8 Å². The molecule has 9 nitrogen and oxygen atoms in total. The molecular weight excluding hydrogens is 691 g/mol. The number of alkyl halides is 3. The number of thiophene rings is 1. The minimum absolute atomic E-state index is 0.00275. The molecule has 49 heavy (non-hydrogen) atoms. The third-order valence-corrected chi connectivity index (χ3v) is 11.2. The van der Waals surface area contributed by atoms with Crippen LogP contribution in [0.2, 0.25) is 5.02 Å². The molecule has 4 aromatic rings. The van der Waals surface area contributed by atoms with Crippen molar-refractivity contribution in [2.24, 2.45) is 0 Å². The summed E-state index contributed by atoms with van der Waals surface area (Å²) in [6.45, 7) is 4.38. The summed E-state index contributed by atoms with van der Waals surface area (Å²) in [5, 5.41) is 20.8. The van der Waals surface area contributed by atoms with Crippen molar-refractivity contribution in [2.75, 3.05) is 36.9 Å². The van der Waals surface area contributed by atoms with Gasteiger partial charge in [0.05, 0.1) is 44.4 Å². The van der Waals surface area contributed by atoms with E-state index >= 15 is 8.78 Å². The number of nitrogens with two attached hydrogens (primary N) is 1. The molecule has 16 heteroatoms. The number of ether oxygens (including phenoxy) is 2. The predicted molar refractivity (Wildman–Crippen MR) is 176 cm³/mol. The number of fused-ring (bicyclic) bond motifs is 2. The van der Waals surface area contributed by atoms with E-state index in [9.17, 15) is 23.5 Å². The lowest BCUT2D eigenvalue weighted by molar-refractivity contribution is 0.00300. The quantitative estimate of drug-likeness (QED) is 0.198. The number of nitrogens with zero attached hydrogens (tertiary/aromatic N) is 5. The number of nitriles is 1. The van der Waals surface area contributed by atoms with Crippen LogP contribution in [0.25, 0.3) is 32.1 Å². The van der Waals surface area contributed by atoms with E-state index in [1.807, 2.05) is 11.0 Å². The summed E-state index contributed by atoms with van der Waals surface area (Å²) in [4.78, 5) is 12.1. The molecule has 0 radical (unpaired) electrons. The van der Waals surface area contributed by atoms with Gasteiger partial charge in [-0.2, -0.15) is 15.2 Å². The minimum Gasteiger partial charge on any atom is -0.486 e. The fraction of sp³-hybridized carbons (Fsp3) is 0.485. The van der Waals surface area contributed by atoms with Crippen LogP contribution < -0.4 is 20.1 Å². The molecule has 0 bridgehead atoms. The molecule has 7 rings (SSSR count). The highest BCUT2D eigenvalue weighted by Crippen LogP contribution is 2.52. The van der Waals surface area contributed by atoms with Gasteiger partial charge in [-0.25, -0.2) is 22.0 Å². The zero-order valence-corrected chi connectivity index (χ0v) is 28.2. The Morgan fingerprint density at radius 1 is 1.29 bits per heavy atom. The highest BCUT2D eigenvalue weighted by Gasteiger charge is 2.50. The van der Waals surface area contributed by atoms with Crippen LogP contribution in [0.4, 0.5) is 32.8 Å². The van der Waals surface area contributed by atoms with Gasteiger partial charge in [0.1, 0.15) is 47.1 Å². The lowest BCUT2D eigenvalue weighted by Gasteiger charge is -2.41. The third kappa shape index (κ3) is 5.38. The standard InChI is InChI=1S/C33H32ClF5N6O3S/c1-14-28(32(2,3)46)45(12-19(37)38)30-22-25(42-31(43-30)47-13-33-7-4-8-44(33)11-15(35)9-33)24(39)21(23(34)26(22)48-14)16-5-6-18(36)27-20(16)17(10-40)29(41)49-27/h5-6,14-15,19,28,46H,4,7-9,11-13,41H2,1-3H3/t14?,15-,28-,33+/m1/s1. The largest absolute Gasteiger partial charge is 0.486 e. The number of rotatable bonds is 7. The molecule has 3 aliphatic rings. The summed E-state index contributed by atoms with van der Waals surface area (Å²) in [5.41, 5.74) is 2.99. The van der Waals surface area contributed by atoms with Crippen LogP contribution in [0.1, 0.15) is 45.6 Å².